The molecular weight excluding hydrogens is 262 g/mol. The summed E-state index contributed by atoms with van der Waals surface area (Å²) < 4.78 is 0. The number of nitrogens with one attached hydrogen (secondary N) is 1. The summed E-state index contributed by atoms with van der Waals surface area (Å²) in [5, 5.41) is 34.2. The molecule has 1 radical (unpaired) electrons. The second-order valence-electron chi connectivity index (χ2n) is 1.25. The van der Waals surface area contributed by atoms with Crippen LogP contribution in [0, 0.1) is 59.2 Å². The minimum atomic E-state index is 0. The summed E-state index contributed by atoms with van der Waals surface area (Å²) in [7, 11) is 1.93. The van der Waals surface area contributed by atoms with Crippen molar-refractivity contribution in [2.45, 2.75) is 6.42 Å². The quantitative estimate of drug-likeness (QED) is 0.417. The molecule has 0 heterocycles. The van der Waals surface area contributed by atoms with Crippen molar-refractivity contribution in [2.24, 2.45) is 5.73 Å². The number of hydrogen-bond donors (Lipinski definition) is 2. The van der Waals surface area contributed by atoms with E-state index in [1.54, 1.807) is 0 Å². The average Bonchev–Trinajstić information content (AvgIpc) is 2.47. The fourth-order valence-electron chi connectivity index (χ4n) is 0.279. The summed E-state index contributed by atoms with van der Waals surface area (Å²) in [4.78, 5) is 0. The molecule has 0 aliphatic carbocycles. The molecule has 0 fully saturated rings. The SMILES string of the molecule is CNCCCN.[C-]#N.[C-]#N.[C-]#N.[C-]#N.[C-]#N.[Fe+5]. The average molecular weight is 274 g/mol. The Morgan fingerprint density at radius 1 is 0.824 bits per heavy atom. The first kappa shape index (κ1) is 46.1. The Labute approximate surface area is 114 Å². The molecule has 91 valence electrons. The van der Waals surface area contributed by atoms with Gasteiger partial charge in [0.15, 0.2) is 0 Å². The van der Waals surface area contributed by atoms with E-state index < -0.39 is 0 Å². The van der Waals surface area contributed by atoms with Crippen LogP contribution in [0.1, 0.15) is 6.42 Å². The molecule has 0 bridgehead atoms. The third kappa shape index (κ3) is 2480. The van der Waals surface area contributed by atoms with E-state index in [1.807, 2.05) is 7.05 Å². The van der Waals surface area contributed by atoms with Gasteiger partial charge in [0, 0.05) is 0 Å². The van der Waals surface area contributed by atoms with Gasteiger partial charge in [0.1, 0.15) is 0 Å². The first-order valence-corrected chi connectivity index (χ1v) is 3.38. The van der Waals surface area contributed by atoms with Crippen LogP contribution < -0.4 is 11.1 Å². The van der Waals surface area contributed by atoms with Gasteiger partial charge in [0.05, 0.1) is 0 Å². The molecule has 0 spiro atoms. The van der Waals surface area contributed by atoms with E-state index in [9.17, 15) is 0 Å². The van der Waals surface area contributed by atoms with E-state index in [1.165, 1.54) is 0 Å². The molecule has 0 aliphatic heterocycles. The number of hydrogen-bond acceptors (Lipinski definition) is 7. The second-order valence-corrected chi connectivity index (χ2v) is 1.25. The Morgan fingerprint density at radius 3 is 1.12 bits per heavy atom. The van der Waals surface area contributed by atoms with Gasteiger partial charge in [-0.2, -0.15) is 0 Å². The molecule has 17 heavy (non-hydrogen) atoms. The zero-order valence-electron chi connectivity index (χ0n) is 9.29. The normalized spacial score (nSPS) is 3.76. The number of nitrogens with two attached hydrogens (primary N) is 1. The molecule has 0 atom stereocenters. The van der Waals surface area contributed by atoms with Gasteiger partial charge in [-0.05, 0) is 26.6 Å². The zero-order valence-corrected chi connectivity index (χ0v) is 10.4. The van der Waals surface area contributed by atoms with Crippen molar-refractivity contribution in [1.29, 1.82) is 26.3 Å². The Balaban J connectivity index is -0.0000000158. The Morgan fingerprint density at radius 2 is 1.06 bits per heavy atom. The summed E-state index contributed by atoms with van der Waals surface area (Å²) >= 11 is 0. The summed E-state index contributed by atoms with van der Waals surface area (Å²) in [6, 6.07) is 0. The monoisotopic (exact) mass is 274 g/mol. The Bertz CT molecular complexity index is 120. The molecule has 0 amide bonds. The maximum absolute atomic E-state index is 6.25. The molecular formula is C9H12FeN7. The van der Waals surface area contributed by atoms with Gasteiger partial charge in [-0.15, -0.1) is 0 Å². The molecule has 3 N–H and O–H groups in total. The van der Waals surface area contributed by atoms with Gasteiger partial charge < -0.3 is 70.2 Å². The maximum atomic E-state index is 6.25. The predicted molar refractivity (Wildman–Crippen MR) is 52.4 cm³/mol. The minimum absolute atomic E-state index is 0. The standard InChI is InChI=1S/C4H12N2.5CN.Fe/c1-6-4-2-3-5;5*1-2;/h6H,2-5H2,1H3;;;;;;/q;5*-1;+5. The number of rotatable bonds is 3. The van der Waals surface area contributed by atoms with Crippen molar-refractivity contribution >= 4 is 0 Å². The van der Waals surface area contributed by atoms with Crippen molar-refractivity contribution in [2.75, 3.05) is 20.1 Å². The van der Waals surface area contributed by atoms with Crippen LogP contribution >= 0.6 is 0 Å². The Hall–Kier alpha value is -2.11. The van der Waals surface area contributed by atoms with E-state index in [0.717, 1.165) is 19.5 Å². The Kier molecular flexibility index (Phi) is 1750. The van der Waals surface area contributed by atoms with Crippen molar-refractivity contribution in [3.8, 4) is 0 Å². The van der Waals surface area contributed by atoms with Crippen LogP contribution in [-0.4, -0.2) is 20.1 Å². The van der Waals surface area contributed by atoms with E-state index in [2.05, 4.69) is 5.32 Å². The summed E-state index contributed by atoms with van der Waals surface area (Å²) in [6.45, 7) is 25.6. The summed E-state index contributed by atoms with van der Waals surface area (Å²) in [6.07, 6.45) is 1.08. The van der Waals surface area contributed by atoms with E-state index in [0.29, 0.717) is 0 Å². The topological polar surface area (TPSA) is 157 Å². The van der Waals surface area contributed by atoms with Crippen LogP contribution in [0.15, 0.2) is 0 Å². The van der Waals surface area contributed by atoms with Gasteiger partial charge >= 0.3 is 17.1 Å². The minimum Gasteiger partial charge on any atom is -0.512 e. The molecule has 0 aromatic carbocycles. The third-order valence-corrected chi connectivity index (χ3v) is 0.631. The molecule has 0 aromatic rings. The largest absolute Gasteiger partial charge is 5.00 e. The fraction of sp³-hybridized carbons (Fsp3) is 0.444. The molecule has 0 saturated carbocycles. The summed E-state index contributed by atoms with van der Waals surface area (Å²) in [5.74, 6) is 0. The van der Waals surface area contributed by atoms with Gasteiger partial charge in [-0.3, -0.25) is 0 Å². The van der Waals surface area contributed by atoms with Crippen LogP contribution in [0.25, 0.3) is 0 Å². The predicted octanol–water partition coefficient (Wildman–Crippen LogP) is 0.0340. The van der Waals surface area contributed by atoms with Crippen molar-refractivity contribution in [3.05, 3.63) is 32.9 Å². The molecule has 7 nitrogen and oxygen atoms in total. The molecule has 0 aliphatic rings. The molecule has 8 heteroatoms. The molecule has 0 rings (SSSR count). The van der Waals surface area contributed by atoms with Crippen molar-refractivity contribution in [3.63, 3.8) is 0 Å². The van der Waals surface area contributed by atoms with E-state index >= 15 is 0 Å². The van der Waals surface area contributed by atoms with Crippen LogP contribution in [0.2, 0.25) is 0 Å². The van der Waals surface area contributed by atoms with Gasteiger partial charge in [0.2, 0.25) is 0 Å². The first-order valence-electron chi connectivity index (χ1n) is 3.38. The van der Waals surface area contributed by atoms with Gasteiger partial charge in [0.25, 0.3) is 0 Å². The zero-order chi connectivity index (χ0) is 14.8. The van der Waals surface area contributed by atoms with Crippen LogP contribution in [0.4, 0.5) is 0 Å². The smallest absolute Gasteiger partial charge is 0.512 e. The summed E-state index contributed by atoms with van der Waals surface area (Å²) in [5.41, 5.74) is 5.17. The maximum Gasteiger partial charge on any atom is 5.00 e. The fourth-order valence-corrected chi connectivity index (χ4v) is 0.279. The molecule has 0 unspecified atom stereocenters. The first-order chi connectivity index (χ1) is 7.91. The van der Waals surface area contributed by atoms with E-state index in [4.69, 9.17) is 64.9 Å². The van der Waals surface area contributed by atoms with Crippen LogP contribution in [-0.2, 0) is 17.1 Å². The second kappa shape index (κ2) is 646. The van der Waals surface area contributed by atoms with Crippen LogP contribution in [0.3, 0.4) is 0 Å². The van der Waals surface area contributed by atoms with E-state index in [-0.39, 0.29) is 17.1 Å². The molecule has 0 saturated heterocycles. The van der Waals surface area contributed by atoms with Gasteiger partial charge in [-0.25, -0.2) is 0 Å². The molecule has 0 aromatic heterocycles. The number of nitrogens with zero attached hydrogens (tertiary/aromatic N) is 5. The van der Waals surface area contributed by atoms with Crippen molar-refractivity contribution in [1.82, 2.24) is 5.32 Å². The van der Waals surface area contributed by atoms with Gasteiger partial charge in [-0.1, -0.05) is 0 Å². The third-order valence-electron chi connectivity index (χ3n) is 0.631. The van der Waals surface area contributed by atoms with Crippen LogP contribution in [0.5, 0.6) is 0 Å². The van der Waals surface area contributed by atoms with Crippen molar-refractivity contribution < 1.29 is 17.1 Å².